The van der Waals surface area contributed by atoms with E-state index in [4.69, 9.17) is 4.74 Å². The molecule has 0 aromatic carbocycles. The fourth-order valence-electron chi connectivity index (χ4n) is 2.41. The van der Waals surface area contributed by atoms with Gasteiger partial charge in [-0.15, -0.1) is 0 Å². The number of carbonyl (C=O) groups is 3. The third-order valence-corrected chi connectivity index (χ3v) is 5.10. The van der Waals surface area contributed by atoms with Gasteiger partial charge in [0.2, 0.25) is 5.91 Å². The quantitative estimate of drug-likeness (QED) is 0.398. The van der Waals surface area contributed by atoms with Crippen molar-refractivity contribution < 1.29 is 24.2 Å². The highest BCUT2D eigenvalue weighted by atomic mass is 127. The lowest BCUT2D eigenvalue weighted by molar-refractivity contribution is -0.150. The van der Waals surface area contributed by atoms with Crippen LogP contribution in [-0.4, -0.2) is 49.7 Å². The molecule has 1 aliphatic rings. The number of alkyl carbamates (subject to hydrolysis) is 1. The normalized spacial score (nSPS) is 22.8. The number of alkyl halides is 1. The predicted molar refractivity (Wildman–Crippen MR) is 93.3 cm³/mol. The van der Waals surface area contributed by atoms with Crippen molar-refractivity contribution in [2.45, 2.75) is 62.6 Å². The van der Waals surface area contributed by atoms with Gasteiger partial charge in [0, 0.05) is 6.54 Å². The van der Waals surface area contributed by atoms with E-state index < -0.39 is 27.3 Å². The van der Waals surface area contributed by atoms with Crippen LogP contribution in [0, 0.1) is 5.92 Å². The van der Waals surface area contributed by atoms with E-state index in [1.807, 2.05) is 0 Å². The zero-order valence-corrected chi connectivity index (χ0v) is 16.3. The van der Waals surface area contributed by atoms with Crippen LogP contribution in [0.1, 0.15) is 47.5 Å². The van der Waals surface area contributed by atoms with Crippen LogP contribution in [0.25, 0.3) is 0 Å². The SMILES string of the molecule is CC(C)C(NC(=O)OC(C)(C)C)C(=O)N1CCCC1(I)C(=O)O. The second-order valence-electron chi connectivity index (χ2n) is 7.03. The summed E-state index contributed by atoms with van der Waals surface area (Å²) in [4.78, 5) is 37.6. The third kappa shape index (κ3) is 4.95. The molecule has 8 heteroatoms. The minimum atomic E-state index is -1.25. The monoisotopic (exact) mass is 440 g/mol. The summed E-state index contributed by atoms with van der Waals surface area (Å²) in [7, 11) is 0. The second-order valence-corrected chi connectivity index (χ2v) is 8.81. The second kappa shape index (κ2) is 7.23. The Hall–Kier alpha value is -1.06. The summed E-state index contributed by atoms with van der Waals surface area (Å²) in [6.45, 7) is 9.17. The highest BCUT2D eigenvalue weighted by molar-refractivity contribution is 14.1. The van der Waals surface area contributed by atoms with Crippen LogP contribution in [-0.2, 0) is 14.3 Å². The predicted octanol–water partition coefficient (Wildman–Crippen LogP) is 2.37. The summed E-state index contributed by atoms with van der Waals surface area (Å²) in [5.41, 5.74) is -0.670. The van der Waals surface area contributed by atoms with Gasteiger partial charge in [0.05, 0.1) is 0 Å². The Bertz CT molecular complexity index is 489. The van der Waals surface area contributed by atoms with E-state index in [-0.39, 0.29) is 11.8 Å². The van der Waals surface area contributed by atoms with Gasteiger partial charge in [-0.2, -0.15) is 0 Å². The van der Waals surface area contributed by atoms with Crippen molar-refractivity contribution in [3.63, 3.8) is 0 Å². The summed E-state index contributed by atoms with van der Waals surface area (Å²) in [6, 6.07) is -0.823. The number of carbonyl (C=O) groups excluding carboxylic acids is 2. The molecule has 0 saturated carbocycles. The Balaban J connectivity index is 2.91. The van der Waals surface area contributed by atoms with Crippen LogP contribution in [0.4, 0.5) is 4.79 Å². The van der Waals surface area contributed by atoms with Gasteiger partial charge >= 0.3 is 12.1 Å². The molecule has 2 atom stereocenters. The lowest BCUT2D eigenvalue weighted by atomic mass is 10.0. The molecule has 0 bridgehead atoms. The first-order valence-electron chi connectivity index (χ1n) is 7.62. The van der Waals surface area contributed by atoms with Gasteiger partial charge in [-0.25, -0.2) is 9.59 Å². The van der Waals surface area contributed by atoms with E-state index in [9.17, 15) is 19.5 Å². The highest BCUT2D eigenvalue weighted by Gasteiger charge is 2.49. The molecule has 1 fully saturated rings. The van der Waals surface area contributed by atoms with Gasteiger partial charge in [-0.1, -0.05) is 13.8 Å². The minimum absolute atomic E-state index is 0.190. The zero-order chi connectivity index (χ0) is 18.0. The maximum atomic E-state index is 12.8. The van der Waals surface area contributed by atoms with Crippen LogP contribution >= 0.6 is 22.6 Å². The highest BCUT2D eigenvalue weighted by Crippen LogP contribution is 2.36. The number of nitrogens with zero attached hydrogens (tertiary/aromatic N) is 1. The van der Waals surface area contributed by atoms with Crippen molar-refractivity contribution in [2.24, 2.45) is 5.92 Å². The van der Waals surface area contributed by atoms with Crippen LogP contribution < -0.4 is 5.32 Å². The van der Waals surface area contributed by atoms with Gasteiger partial charge in [0.1, 0.15) is 11.6 Å². The van der Waals surface area contributed by atoms with Crippen LogP contribution in [0.3, 0.4) is 0 Å². The van der Waals surface area contributed by atoms with Gasteiger partial charge < -0.3 is 20.1 Å². The van der Waals surface area contributed by atoms with E-state index in [0.717, 1.165) is 0 Å². The number of hydrogen-bond acceptors (Lipinski definition) is 4. The van der Waals surface area contributed by atoms with Crippen molar-refractivity contribution in [2.75, 3.05) is 6.54 Å². The number of hydrogen-bond donors (Lipinski definition) is 2. The summed E-state index contributed by atoms with van der Waals surface area (Å²) >= 11 is 1.81. The lowest BCUT2D eigenvalue weighted by Crippen LogP contribution is -2.57. The molecule has 0 aromatic heterocycles. The van der Waals surface area contributed by atoms with Gasteiger partial charge in [-0.05, 0) is 62.1 Å². The molecule has 1 heterocycles. The molecule has 2 N–H and O–H groups in total. The van der Waals surface area contributed by atoms with E-state index in [1.54, 1.807) is 57.2 Å². The Morgan fingerprint density at radius 3 is 2.30 bits per heavy atom. The van der Waals surface area contributed by atoms with Crippen LogP contribution in [0.5, 0.6) is 0 Å². The molecular weight excluding hydrogens is 415 g/mol. The molecule has 0 aliphatic carbocycles. The van der Waals surface area contributed by atoms with E-state index in [1.165, 1.54) is 4.90 Å². The maximum Gasteiger partial charge on any atom is 0.408 e. The molecule has 7 nitrogen and oxygen atoms in total. The first-order chi connectivity index (χ1) is 10.4. The van der Waals surface area contributed by atoms with E-state index >= 15 is 0 Å². The average Bonchev–Trinajstić information content (AvgIpc) is 2.76. The summed E-state index contributed by atoms with van der Waals surface area (Å²) in [6.07, 6.45) is 0.336. The fourth-order valence-corrected chi connectivity index (χ4v) is 3.27. The molecule has 0 aromatic rings. The van der Waals surface area contributed by atoms with Crippen LogP contribution in [0.15, 0.2) is 0 Å². The molecule has 1 rings (SSSR count). The van der Waals surface area contributed by atoms with E-state index in [2.05, 4.69) is 5.32 Å². The van der Waals surface area contributed by atoms with Crippen LogP contribution in [0.2, 0.25) is 0 Å². The third-order valence-electron chi connectivity index (χ3n) is 3.52. The largest absolute Gasteiger partial charge is 0.479 e. The summed E-state index contributed by atoms with van der Waals surface area (Å²) in [5, 5.41) is 12.0. The number of rotatable bonds is 4. The van der Waals surface area contributed by atoms with E-state index in [0.29, 0.717) is 19.4 Å². The number of nitrogens with one attached hydrogen (secondary N) is 1. The topological polar surface area (TPSA) is 95.9 Å². The number of carboxylic acid groups (broad SMARTS) is 1. The minimum Gasteiger partial charge on any atom is -0.479 e. The Labute approximate surface area is 150 Å². The van der Waals surface area contributed by atoms with Crippen molar-refractivity contribution in [3.05, 3.63) is 0 Å². The van der Waals surface area contributed by atoms with Crippen molar-refractivity contribution >= 4 is 40.6 Å². The molecule has 0 spiro atoms. The summed E-state index contributed by atoms with van der Waals surface area (Å²) in [5.74, 6) is -1.62. The van der Waals surface area contributed by atoms with Gasteiger partial charge in [0.25, 0.3) is 0 Å². The van der Waals surface area contributed by atoms with Gasteiger partial charge in [0.15, 0.2) is 3.55 Å². The number of ether oxygens (including phenoxy) is 1. The molecule has 132 valence electrons. The average molecular weight is 440 g/mol. The molecule has 1 aliphatic heterocycles. The number of aliphatic carboxylic acids is 1. The molecule has 2 unspecified atom stereocenters. The van der Waals surface area contributed by atoms with Crippen molar-refractivity contribution in [3.8, 4) is 0 Å². The lowest BCUT2D eigenvalue weighted by Gasteiger charge is -2.34. The molecule has 23 heavy (non-hydrogen) atoms. The Kier molecular flexibility index (Phi) is 6.28. The van der Waals surface area contributed by atoms with Gasteiger partial charge in [-0.3, -0.25) is 4.79 Å². The number of carboxylic acids is 1. The zero-order valence-electron chi connectivity index (χ0n) is 14.2. The Morgan fingerprint density at radius 2 is 1.87 bits per heavy atom. The fraction of sp³-hybridized carbons (Fsp3) is 0.800. The first kappa shape index (κ1) is 20.0. The molecule has 0 radical (unpaired) electrons. The number of amides is 2. The summed E-state index contributed by atoms with van der Waals surface area (Å²) < 4.78 is 3.94. The van der Waals surface area contributed by atoms with Crippen molar-refractivity contribution in [1.29, 1.82) is 0 Å². The molecular formula is C15H25IN2O5. The standard InChI is InChI=1S/C15H25IN2O5/c1-9(2)10(17-13(22)23-14(3,4)5)11(19)18-8-6-7-15(18,16)12(20)21/h9-10H,6-8H2,1-5H3,(H,17,22)(H,20,21). The number of likely N-dealkylation sites (tertiary alicyclic amines) is 1. The van der Waals surface area contributed by atoms with Crippen molar-refractivity contribution in [1.82, 2.24) is 10.2 Å². The molecule has 1 saturated heterocycles. The maximum absolute atomic E-state index is 12.8. The molecule has 2 amide bonds. The smallest absolute Gasteiger partial charge is 0.408 e. The number of halogens is 1. The Morgan fingerprint density at radius 1 is 1.30 bits per heavy atom. The first-order valence-corrected chi connectivity index (χ1v) is 8.69.